The average Bonchev–Trinajstić information content (AvgIpc) is 2.76. The monoisotopic (exact) mass is 305 g/mol. The molecule has 0 saturated carbocycles. The Labute approximate surface area is 130 Å². The number of aryl methyl sites for hydroxylation is 3. The van der Waals surface area contributed by atoms with E-state index in [4.69, 9.17) is 0 Å². The maximum atomic E-state index is 12.4. The second-order valence-electron chi connectivity index (χ2n) is 5.48. The number of fused-ring (bicyclic) bond motifs is 1. The summed E-state index contributed by atoms with van der Waals surface area (Å²) in [6.45, 7) is 10.2. The van der Waals surface area contributed by atoms with Crippen LogP contribution in [0.4, 0.5) is 0 Å². The minimum Gasteiger partial charge on any atom is -0.349 e. The van der Waals surface area contributed by atoms with Crippen LogP contribution in [0.3, 0.4) is 0 Å². The molecule has 2 heterocycles. The Bertz CT molecular complexity index is 663. The number of nitrogens with zero attached hydrogens (tertiary/aromatic N) is 2. The standard InChI is InChI=1S/C16H23N3OS/c1-6-8-9(3)17-15(20)14-10(4)13-11(5)18-12(7-2)19-16(13)21-14/h9H,6-8H2,1-5H3,(H,17,20). The molecular formula is C16H23N3OS. The molecular weight excluding hydrogens is 282 g/mol. The van der Waals surface area contributed by atoms with E-state index in [1.165, 1.54) is 11.3 Å². The van der Waals surface area contributed by atoms with Crippen LogP contribution in [0.5, 0.6) is 0 Å². The maximum Gasteiger partial charge on any atom is 0.261 e. The molecule has 0 aromatic carbocycles. The fourth-order valence-corrected chi connectivity index (χ4v) is 3.72. The predicted octanol–water partition coefficient (Wildman–Crippen LogP) is 3.79. The smallest absolute Gasteiger partial charge is 0.261 e. The van der Waals surface area contributed by atoms with Crippen LogP contribution in [0.25, 0.3) is 10.2 Å². The Morgan fingerprint density at radius 3 is 2.62 bits per heavy atom. The second kappa shape index (κ2) is 6.52. The van der Waals surface area contributed by atoms with Gasteiger partial charge in [-0.2, -0.15) is 0 Å². The minimum absolute atomic E-state index is 0.00824. The molecule has 0 fully saturated rings. The van der Waals surface area contributed by atoms with Crippen molar-refractivity contribution in [3.8, 4) is 0 Å². The average molecular weight is 305 g/mol. The van der Waals surface area contributed by atoms with E-state index in [0.717, 1.165) is 51.4 Å². The number of nitrogens with one attached hydrogen (secondary N) is 1. The summed E-state index contributed by atoms with van der Waals surface area (Å²) in [5.74, 6) is 0.849. The summed E-state index contributed by atoms with van der Waals surface area (Å²) in [5, 5.41) is 4.10. The molecule has 0 saturated heterocycles. The van der Waals surface area contributed by atoms with Gasteiger partial charge in [-0.1, -0.05) is 20.3 Å². The highest BCUT2D eigenvalue weighted by molar-refractivity contribution is 7.20. The lowest BCUT2D eigenvalue weighted by molar-refractivity contribution is 0.0942. The van der Waals surface area contributed by atoms with E-state index in [1.54, 1.807) is 0 Å². The first-order chi connectivity index (χ1) is 9.97. The minimum atomic E-state index is 0.00824. The number of thiophene rings is 1. The van der Waals surface area contributed by atoms with Gasteiger partial charge in [0.2, 0.25) is 0 Å². The molecule has 0 radical (unpaired) electrons. The van der Waals surface area contributed by atoms with E-state index >= 15 is 0 Å². The SMILES string of the molecule is CCCC(C)NC(=O)c1sc2nc(CC)nc(C)c2c1C. The number of amides is 1. The van der Waals surface area contributed by atoms with Crippen LogP contribution in [0.1, 0.15) is 60.4 Å². The van der Waals surface area contributed by atoms with Crippen molar-refractivity contribution in [1.82, 2.24) is 15.3 Å². The van der Waals surface area contributed by atoms with Crippen LogP contribution in [0, 0.1) is 13.8 Å². The van der Waals surface area contributed by atoms with Gasteiger partial charge in [0.15, 0.2) is 0 Å². The molecule has 1 atom stereocenters. The van der Waals surface area contributed by atoms with E-state index in [1.807, 2.05) is 27.7 Å². The Morgan fingerprint density at radius 1 is 1.29 bits per heavy atom. The third-order valence-electron chi connectivity index (χ3n) is 3.64. The van der Waals surface area contributed by atoms with Gasteiger partial charge in [0.1, 0.15) is 10.7 Å². The molecule has 21 heavy (non-hydrogen) atoms. The Balaban J connectivity index is 2.39. The predicted molar refractivity (Wildman–Crippen MR) is 88.1 cm³/mol. The molecule has 1 N–H and O–H groups in total. The molecule has 4 nitrogen and oxygen atoms in total. The number of hydrogen-bond donors (Lipinski definition) is 1. The van der Waals surface area contributed by atoms with Crippen molar-refractivity contribution in [2.24, 2.45) is 0 Å². The summed E-state index contributed by atoms with van der Waals surface area (Å²) >= 11 is 1.47. The summed E-state index contributed by atoms with van der Waals surface area (Å²) in [7, 11) is 0. The summed E-state index contributed by atoms with van der Waals surface area (Å²) in [6.07, 6.45) is 2.87. The molecule has 0 aliphatic heterocycles. The van der Waals surface area contributed by atoms with Crippen LogP contribution in [-0.2, 0) is 6.42 Å². The molecule has 2 aromatic rings. The van der Waals surface area contributed by atoms with Gasteiger partial charge in [-0.25, -0.2) is 9.97 Å². The molecule has 0 bridgehead atoms. The zero-order valence-corrected chi connectivity index (χ0v) is 14.2. The molecule has 114 valence electrons. The molecule has 0 spiro atoms. The molecule has 1 amide bonds. The summed E-state index contributed by atoms with van der Waals surface area (Å²) < 4.78 is 0. The van der Waals surface area contributed by atoms with E-state index in [0.29, 0.717) is 0 Å². The lowest BCUT2D eigenvalue weighted by atomic mass is 10.1. The molecule has 2 rings (SSSR count). The number of carbonyl (C=O) groups is 1. The largest absolute Gasteiger partial charge is 0.349 e. The number of carbonyl (C=O) groups excluding carboxylic acids is 1. The quantitative estimate of drug-likeness (QED) is 0.914. The van der Waals surface area contributed by atoms with Crippen LogP contribution < -0.4 is 5.32 Å². The first-order valence-corrected chi connectivity index (χ1v) is 8.37. The molecule has 5 heteroatoms. The second-order valence-corrected chi connectivity index (χ2v) is 6.48. The Hall–Kier alpha value is -1.49. The van der Waals surface area contributed by atoms with E-state index in [2.05, 4.69) is 22.2 Å². The topological polar surface area (TPSA) is 54.9 Å². The van der Waals surface area contributed by atoms with Crippen LogP contribution in [-0.4, -0.2) is 21.9 Å². The first-order valence-electron chi connectivity index (χ1n) is 7.55. The lowest BCUT2D eigenvalue weighted by Crippen LogP contribution is -2.32. The highest BCUT2D eigenvalue weighted by Crippen LogP contribution is 2.31. The number of rotatable bonds is 5. The first kappa shape index (κ1) is 15.9. The van der Waals surface area contributed by atoms with Gasteiger partial charge in [0.25, 0.3) is 5.91 Å². The third kappa shape index (κ3) is 3.23. The summed E-state index contributed by atoms with van der Waals surface area (Å²) in [5.41, 5.74) is 1.96. The highest BCUT2D eigenvalue weighted by atomic mass is 32.1. The van der Waals surface area contributed by atoms with Crippen molar-refractivity contribution in [3.63, 3.8) is 0 Å². The van der Waals surface area contributed by atoms with E-state index in [9.17, 15) is 4.79 Å². The zero-order chi connectivity index (χ0) is 15.6. The van der Waals surface area contributed by atoms with Crippen molar-refractivity contribution in [2.75, 3.05) is 0 Å². The number of hydrogen-bond acceptors (Lipinski definition) is 4. The van der Waals surface area contributed by atoms with Crippen LogP contribution in [0.15, 0.2) is 0 Å². The fourth-order valence-electron chi connectivity index (χ4n) is 2.56. The zero-order valence-electron chi connectivity index (χ0n) is 13.4. The summed E-state index contributed by atoms with van der Waals surface area (Å²) in [6, 6.07) is 0.200. The van der Waals surface area contributed by atoms with Gasteiger partial charge < -0.3 is 5.32 Å². The van der Waals surface area contributed by atoms with E-state index in [-0.39, 0.29) is 11.9 Å². The number of aromatic nitrogens is 2. The molecule has 2 aromatic heterocycles. The maximum absolute atomic E-state index is 12.4. The van der Waals surface area contributed by atoms with Gasteiger partial charge in [0.05, 0.1) is 4.88 Å². The molecule has 0 aliphatic carbocycles. The van der Waals surface area contributed by atoms with Gasteiger partial charge in [-0.05, 0) is 32.8 Å². The van der Waals surface area contributed by atoms with Gasteiger partial charge in [-0.3, -0.25) is 4.79 Å². The van der Waals surface area contributed by atoms with Crippen molar-refractivity contribution in [1.29, 1.82) is 0 Å². The summed E-state index contributed by atoms with van der Waals surface area (Å²) in [4.78, 5) is 23.2. The normalized spacial score (nSPS) is 12.6. The van der Waals surface area contributed by atoms with Gasteiger partial charge in [0, 0.05) is 23.5 Å². The van der Waals surface area contributed by atoms with Gasteiger partial charge >= 0.3 is 0 Å². The molecule has 1 unspecified atom stereocenters. The molecule has 0 aliphatic rings. The van der Waals surface area contributed by atoms with Crippen molar-refractivity contribution in [2.45, 2.75) is 59.9 Å². The van der Waals surface area contributed by atoms with E-state index < -0.39 is 0 Å². The van der Waals surface area contributed by atoms with Crippen LogP contribution in [0.2, 0.25) is 0 Å². The lowest BCUT2D eigenvalue weighted by Gasteiger charge is -2.12. The third-order valence-corrected chi connectivity index (χ3v) is 4.82. The van der Waals surface area contributed by atoms with Crippen molar-refractivity contribution in [3.05, 3.63) is 22.0 Å². The highest BCUT2D eigenvalue weighted by Gasteiger charge is 2.19. The van der Waals surface area contributed by atoms with Gasteiger partial charge in [-0.15, -0.1) is 11.3 Å². The van der Waals surface area contributed by atoms with Crippen LogP contribution >= 0.6 is 11.3 Å². The van der Waals surface area contributed by atoms with Crippen molar-refractivity contribution < 1.29 is 4.79 Å². The van der Waals surface area contributed by atoms with Crippen molar-refractivity contribution >= 4 is 27.5 Å². The fraction of sp³-hybridized carbons (Fsp3) is 0.562. The Morgan fingerprint density at radius 2 is 2.00 bits per heavy atom. The Kier molecular flexibility index (Phi) is 4.93.